The molecule has 0 saturated heterocycles. The Morgan fingerprint density at radius 2 is 1.25 bits per heavy atom. The van der Waals surface area contributed by atoms with Crippen molar-refractivity contribution in [1.29, 1.82) is 5.26 Å². The highest BCUT2D eigenvalue weighted by molar-refractivity contribution is 8.24. The molecule has 16 heteroatoms. The second kappa shape index (κ2) is 18.9. The number of nitrogens with one attached hydrogen (secondary N) is 2. The number of hydrogen-bond donors (Lipinski definition) is 2. The van der Waals surface area contributed by atoms with E-state index in [4.69, 9.17) is 35.0 Å². The van der Waals surface area contributed by atoms with Crippen LogP contribution >= 0.6 is 23.5 Å². The zero-order valence-electron chi connectivity index (χ0n) is 24.0. The first-order valence-corrected chi connectivity index (χ1v) is 14.5. The Kier molecular flexibility index (Phi) is 15.4. The van der Waals surface area contributed by atoms with Gasteiger partial charge in [-0.15, -0.1) is 0 Å². The highest BCUT2D eigenvalue weighted by Gasteiger charge is 2.30. The largest absolute Gasteiger partial charge is 0.460 e. The van der Waals surface area contributed by atoms with Gasteiger partial charge in [-0.05, 0) is 26.0 Å². The molecule has 0 atom stereocenters. The van der Waals surface area contributed by atoms with E-state index >= 15 is 0 Å². The van der Waals surface area contributed by atoms with Crippen LogP contribution < -0.4 is 20.1 Å². The molecule has 234 valence electrons. The van der Waals surface area contributed by atoms with Gasteiger partial charge in [-0.25, -0.2) is 29.3 Å². The van der Waals surface area contributed by atoms with E-state index in [1.54, 1.807) is 0 Å². The van der Waals surface area contributed by atoms with E-state index in [2.05, 4.69) is 28.6 Å². The number of allylic oxidation sites excluding steroid dienone is 1. The van der Waals surface area contributed by atoms with Crippen LogP contribution in [-0.2, 0) is 28.5 Å². The van der Waals surface area contributed by atoms with Crippen molar-refractivity contribution in [2.75, 3.05) is 52.7 Å². The van der Waals surface area contributed by atoms with Crippen LogP contribution in [0.25, 0.3) is 4.85 Å². The molecule has 0 aromatic heterocycles. The van der Waals surface area contributed by atoms with Gasteiger partial charge in [0, 0.05) is 24.2 Å². The summed E-state index contributed by atoms with van der Waals surface area (Å²) in [5.41, 5.74) is 0.388. The third-order valence-corrected chi connectivity index (χ3v) is 7.50. The van der Waals surface area contributed by atoms with Crippen LogP contribution in [0.5, 0.6) is 11.5 Å². The predicted molar refractivity (Wildman–Crippen MR) is 159 cm³/mol. The summed E-state index contributed by atoms with van der Waals surface area (Å²) in [6.07, 6.45) is -1.59. The fourth-order valence-electron chi connectivity index (χ4n) is 2.86. The second-order valence-corrected chi connectivity index (χ2v) is 10.8. The lowest BCUT2D eigenvalue weighted by Gasteiger charge is -2.13. The summed E-state index contributed by atoms with van der Waals surface area (Å²) in [7, 11) is 0. The van der Waals surface area contributed by atoms with Gasteiger partial charge in [-0.1, -0.05) is 36.7 Å². The molecule has 0 aliphatic carbocycles. The minimum absolute atomic E-state index is 0.0390. The number of carbonyl (C=O) groups excluding carboxylic acids is 4. The van der Waals surface area contributed by atoms with Gasteiger partial charge in [-0.3, -0.25) is 0 Å². The standard InChI is InChI=1S/C28H30N4O10S2/c1-17(2)24(33)39-14-12-37-10-8-31-27(35)41-20-6-7-21(23-22(20)43-26(44-23)19(16-29)30-5)42-28(36)32-9-11-38-13-15-40-25(34)18(3)4/h6-7H,1,3,8-15H2,2,4H3,(H,31,35)(H,32,36). The smallest absolute Gasteiger partial charge is 0.412 e. The first kappa shape index (κ1) is 35.7. The molecule has 1 heterocycles. The average Bonchev–Trinajstić information content (AvgIpc) is 3.43. The fourth-order valence-corrected chi connectivity index (χ4v) is 5.33. The molecule has 0 spiro atoms. The van der Waals surface area contributed by atoms with Gasteiger partial charge >= 0.3 is 24.1 Å². The number of rotatable bonds is 16. The monoisotopic (exact) mass is 646 g/mol. The Labute approximate surface area is 262 Å². The molecule has 1 aromatic carbocycles. The molecule has 2 amide bonds. The van der Waals surface area contributed by atoms with E-state index in [0.717, 1.165) is 23.5 Å². The van der Waals surface area contributed by atoms with Gasteiger partial charge in [0.05, 0.1) is 53.1 Å². The molecule has 1 aromatic rings. The SMILES string of the molecule is [C-]#[N+]C(C#N)=C1Sc2c(OC(=O)NCCOCCOC(=O)C(=C)C)ccc(OC(=O)NCCOCCOC(=O)C(=C)C)c2S1. The Hall–Kier alpha value is -4.48. The third kappa shape index (κ3) is 12.0. The predicted octanol–water partition coefficient (Wildman–Crippen LogP) is 3.94. The van der Waals surface area contributed by atoms with Crippen LogP contribution in [0.1, 0.15) is 13.8 Å². The maximum Gasteiger partial charge on any atom is 0.412 e. The maximum absolute atomic E-state index is 12.4. The molecule has 0 radical (unpaired) electrons. The minimum atomic E-state index is -0.793. The molecule has 44 heavy (non-hydrogen) atoms. The summed E-state index contributed by atoms with van der Waals surface area (Å²) < 4.78 is 31.6. The Bertz CT molecular complexity index is 1300. The van der Waals surface area contributed by atoms with Crippen LogP contribution in [0.2, 0.25) is 0 Å². The number of carbonyl (C=O) groups is 4. The number of hydrogen-bond acceptors (Lipinski definition) is 13. The molecule has 1 aliphatic rings. The first-order valence-electron chi connectivity index (χ1n) is 12.8. The van der Waals surface area contributed by atoms with Crippen molar-refractivity contribution in [1.82, 2.24) is 10.6 Å². The summed E-state index contributed by atoms with van der Waals surface area (Å²) >= 11 is 2.07. The molecule has 1 aliphatic heterocycles. The zero-order valence-corrected chi connectivity index (χ0v) is 25.7. The van der Waals surface area contributed by atoms with Crippen molar-refractivity contribution in [3.63, 3.8) is 0 Å². The lowest BCUT2D eigenvalue weighted by Crippen LogP contribution is -2.31. The number of esters is 2. The van der Waals surface area contributed by atoms with Gasteiger partial charge in [-0.2, -0.15) is 0 Å². The van der Waals surface area contributed by atoms with Crippen molar-refractivity contribution in [2.45, 2.75) is 23.6 Å². The summed E-state index contributed by atoms with van der Waals surface area (Å²) in [5.74, 6) is -0.801. The van der Waals surface area contributed by atoms with Crippen LogP contribution in [0.3, 0.4) is 0 Å². The number of thioether (sulfide) groups is 2. The highest BCUT2D eigenvalue weighted by Crippen LogP contribution is 2.59. The molecule has 14 nitrogen and oxygen atoms in total. The van der Waals surface area contributed by atoms with E-state index in [1.165, 1.54) is 26.0 Å². The third-order valence-electron chi connectivity index (χ3n) is 4.90. The van der Waals surface area contributed by atoms with Crippen LogP contribution in [0, 0.1) is 17.9 Å². The fraction of sp³-hybridized carbons (Fsp3) is 0.357. The molecular formula is C28H30N4O10S2. The van der Waals surface area contributed by atoms with E-state index in [-0.39, 0.29) is 81.1 Å². The lowest BCUT2D eigenvalue weighted by molar-refractivity contribution is -0.141. The number of ether oxygens (including phenoxy) is 6. The minimum Gasteiger partial charge on any atom is -0.460 e. The first-order chi connectivity index (χ1) is 21.1. The normalized spacial score (nSPS) is 11.2. The highest BCUT2D eigenvalue weighted by atomic mass is 32.2. The molecule has 2 rings (SSSR count). The summed E-state index contributed by atoms with van der Waals surface area (Å²) in [5, 5.41) is 14.4. The number of nitrogens with zero attached hydrogens (tertiary/aromatic N) is 2. The number of amides is 2. The Morgan fingerprint density at radius 3 is 1.61 bits per heavy atom. The molecule has 2 N–H and O–H groups in total. The number of benzene rings is 1. The summed E-state index contributed by atoms with van der Waals surface area (Å²) in [6.45, 7) is 18.1. The maximum atomic E-state index is 12.4. The molecule has 0 unspecified atom stereocenters. The summed E-state index contributed by atoms with van der Waals surface area (Å²) in [6, 6.07) is 4.66. The summed E-state index contributed by atoms with van der Waals surface area (Å²) in [4.78, 5) is 51.4. The van der Waals surface area contributed by atoms with Crippen LogP contribution in [-0.4, -0.2) is 76.9 Å². The molecule has 0 bridgehead atoms. The molecule has 0 fully saturated rings. The zero-order chi connectivity index (χ0) is 32.5. The van der Waals surface area contributed by atoms with Crippen molar-refractivity contribution in [3.8, 4) is 17.6 Å². The van der Waals surface area contributed by atoms with Crippen molar-refractivity contribution in [2.24, 2.45) is 0 Å². The van der Waals surface area contributed by atoms with Gasteiger partial charge < -0.3 is 39.1 Å². The average molecular weight is 647 g/mol. The van der Waals surface area contributed by atoms with E-state index in [1.807, 2.05) is 6.07 Å². The van der Waals surface area contributed by atoms with E-state index < -0.39 is 24.1 Å². The van der Waals surface area contributed by atoms with Gasteiger partial charge in [0.25, 0.3) is 5.70 Å². The van der Waals surface area contributed by atoms with Gasteiger partial charge in [0.15, 0.2) is 0 Å². The molecular weight excluding hydrogens is 616 g/mol. The lowest BCUT2D eigenvalue weighted by atomic mass is 10.3. The van der Waals surface area contributed by atoms with E-state index in [9.17, 15) is 24.4 Å². The number of fused-ring (bicyclic) bond motifs is 1. The second-order valence-electron chi connectivity index (χ2n) is 8.47. The topological polar surface area (TPSA) is 176 Å². The number of nitriles is 1. The van der Waals surface area contributed by atoms with Crippen LogP contribution in [0.4, 0.5) is 9.59 Å². The van der Waals surface area contributed by atoms with Crippen molar-refractivity contribution < 1.29 is 47.6 Å². The Morgan fingerprint density at radius 1 is 0.818 bits per heavy atom. The quantitative estimate of drug-likeness (QED) is 0.0869. The van der Waals surface area contributed by atoms with Crippen molar-refractivity contribution in [3.05, 3.63) is 57.8 Å². The van der Waals surface area contributed by atoms with Gasteiger partial charge in [0.1, 0.15) is 24.7 Å². The van der Waals surface area contributed by atoms with Crippen LogP contribution in [0.15, 0.2) is 56.2 Å². The molecule has 0 saturated carbocycles. The van der Waals surface area contributed by atoms with Gasteiger partial charge in [0.2, 0.25) is 0 Å². The Balaban J connectivity index is 1.91. The van der Waals surface area contributed by atoms with Crippen molar-refractivity contribution >= 4 is 47.6 Å². The van der Waals surface area contributed by atoms with E-state index in [0.29, 0.717) is 14.0 Å².